The van der Waals surface area contributed by atoms with Crippen LogP contribution in [0.5, 0.6) is 0 Å². The number of rotatable bonds is 11. The van der Waals surface area contributed by atoms with Crippen molar-refractivity contribution in [2.45, 2.75) is 65.2 Å². The van der Waals surface area contributed by atoms with Crippen molar-refractivity contribution in [1.82, 2.24) is 8.53 Å². The summed E-state index contributed by atoms with van der Waals surface area (Å²) in [5.41, 5.74) is 0. The second-order valence-corrected chi connectivity index (χ2v) is 59.8. The molecule has 0 radical (unpaired) electrons. The van der Waals surface area contributed by atoms with E-state index in [1.54, 1.807) is 0 Å². The number of hydrogen-bond acceptors (Lipinski definition) is 3. The molecule has 25 heavy (non-hydrogen) atoms. The molecule has 0 saturated carbocycles. The number of nitrogens with zero attached hydrogens (tertiary/aromatic N) is 3. The van der Waals surface area contributed by atoms with Gasteiger partial charge in [-0.05, 0) is 0 Å². The van der Waals surface area contributed by atoms with Gasteiger partial charge in [0.25, 0.3) is 0 Å². The summed E-state index contributed by atoms with van der Waals surface area (Å²) in [5, 5.41) is 0. The minimum atomic E-state index is -3.79. The molecule has 0 fully saturated rings. The molecule has 1 aliphatic rings. The Balaban J connectivity index is 4.11. The first kappa shape index (κ1) is 23.8. The Morgan fingerprint density at radius 3 is 1.32 bits per heavy atom. The summed E-state index contributed by atoms with van der Waals surface area (Å²) in [6, 6.07) is 0. The summed E-state index contributed by atoms with van der Waals surface area (Å²) >= 11 is -3.79. The molecule has 0 aromatic carbocycles. The first-order valence-electron chi connectivity index (χ1n) is 10.5. The van der Waals surface area contributed by atoms with E-state index >= 15 is 0 Å². The van der Waals surface area contributed by atoms with Gasteiger partial charge in [0.05, 0.1) is 0 Å². The van der Waals surface area contributed by atoms with Crippen LogP contribution >= 0.6 is 0 Å². The molecule has 0 heterocycles. The second-order valence-electron chi connectivity index (χ2n) is 8.19. The van der Waals surface area contributed by atoms with Gasteiger partial charge in [-0.15, -0.1) is 0 Å². The van der Waals surface area contributed by atoms with Crippen LogP contribution < -0.4 is 0 Å². The van der Waals surface area contributed by atoms with Gasteiger partial charge >= 0.3 is 161 Å². The Morgan fingerprint density at radius 1 is 0.760 bits per heavy atom. The summed E-state index contributed by atoms with van der Waals surface area (Å²) in [5.74, 6) is 8.16. The fourth-order valence-corrected chi connectivity index (χ4v) is 94.1. The van der Waals surface area contributed by atoms with Gasteiger partial charge in [-0.25, -0.2) is 0 Å². The van der Waals surface area contributed by atoms with Crippen molar-refractivity contribution < 1.29 is 17.1 Å². The quantitative estimate of drug-likeness (QED) is 0.372. The van der Waals surface area contributed by atoms with E-state index in [2.05, 4.69) is 85.6 Å². The van der Waals surface area contributed by atoms with E-state index in [1.807, 2.05) is 3.28 Å². The van der Waals surface area contributed by atoms with Crippen molar-refractivity contribution in [2.24, 2.45) is 0 Å². The molecule has 0 spiro atoms. The normalized spacial score (nSPS) is 17.4. The first-order valence-corrected chi connectivity index (χ1v) is 28.8. The molecule has 1 rings (SSSR count). The Kier molecular flexibility index (Phi) is 8.88. The first-order chi connectivity index (χ1) is 11.8. The van der Waals surface area contributed by atoms with E-state index in [1.165, 1.54) is 45.7 Å². The minimum absolute atomic E-state index is 1.18. The van der Waals surface area contributed by atoms with Crippen LogP contribution in [0.15, 0.2) is 21.5 Å². The van der Waals surface area contributed by atoms with E-state index < -0.39 is 26.6 Å². The zero-order valence-corrected chi connectivity index (χ0v) is 23.1. The second kappa shape index (κ2) is 9.32. The predicted molar refractivity (Wildman–Crippen MR) is 114 cm³/mol. The summed E-state index contributed by atoms with van der Waals surface area (Å²) in [7, 11) is -2.22. The molecule has 0 bridgehead atoms. The molecule has 0 atom stereocenters. The molecule has 0 N–H and O–H groups in total. The standard InChI is InChI=1S/C5H5.3C4H10N.C3H9Ge.Zr/c1-2-4-5-3-1;3*1-3-5-4-2;1-4(2)3;/h1-3H,4H2;3*3-4H2,1-2H3;1-3H3;/q;3*-1;;+3. The van der Waals surface area contributed by atoms with Gasteiger partial charge in [0.1, 0.15) is 0 Å². The molecular formula is C20H44GeN3Zr. The average Bonchev–Trinajstić information content (AvgIpc) is 3.11. The third kappa shape index (κ3) is 3.16. The van der Waals surface area contributed by atoms with Gasteiger partial charge < -0.3 is 0 Å². The van der Waals surface area contributed by atoms with E-state index in [0.29, 0.717) is 0 Å². The Morgan fingerprint density at radius 2 is 1.12 bits per heavy atom. The fraction of sp³-hybridized carbons (Fsp3) is 0.800. The van der Waals surface area contributed by atoms with Gasteiger partial charge in [-0.2, -0.15) is 0 Å². The van der Waals surface area contributed by atoms with Crippen LogP contribution in [0.1, 0.15) is 48.0 Å². The molecule has 0 aliphatic heterocycles. The van der Waals surface area contributed by atoms with E-state index in [9.17, 15) is 0 Å². The molecule has 1 aliphatic carbocycles. The Labute approximate surface area is 160 Å². The van der Waals surface area contributed by atoms with Crippen LogP contribution in [0.4, 0.5) is 0 Å². The van der Waals surface area contributed by atoms with Crippen molar-refractivity contribution in [1.29, 1.82) is 0 Å². The molecule has 0 amide bonds. The SMILES string of the molecule is CC[N](CC)[Zr]([C]1=CC=CC1)([N](CC)CC)([N](CC)CC)[Ge]([CH3])([CH3])[CH3]. The van der Waals surface area contributed by atoms with Crippen LogP contribution in [0, 0.1) is 0 Å². The van der Waals surface area contributed by atoms with Crippen LogP contribution in [-0.2, 0) is 17.1 Å². The summed E-state index contributed by atoms with van der Waals surface area (Å²) < 4.78 is 10.9. The van der Waals surface area contributed by atoms with Gasteiger partial charge in [-0.3, -0.25) is 0 Å². The number of allylic oxidation sites excluding steroid dienone is 4. The van der Waals surface area contributed by atoms with Crippen LogP contribution in [0.3, 0.4) is 0 Å². The molecule has 0 aromatic rings. The molecule has 3 nitrogen and oxygen atoms in total. The van der Waals surface area contributed by atoms with Crippen LogP contribution in [-0.4, -0.2) is 57.3 Å². The molecular weight excluding hydrogens is 446 g/mol. The van der Waals surface area contributed by atoms with E-state index in [0.717, 1.165) is 0 Å². The summed E-state index contributed by atoms with van der Waals surface area (Å²) in [6.45, 7) is 21.5. The van der Waals surface area contributed by atoms with Crippen molar-refractivity contribution in [2.75, 3.05) is 39.3 Å². The zero-order chi connectivity index (χ0) is 19.3. The van der Waals surface area contributed by atoms with E-state index in [-0.39, 0.29) is 0 Å². The molecule has 5 heteroatoms. The van der Waals surface area contributed by atoms with Gasteiger partial charge in [0.15, 0.2) is 0 Å². The van der Waals surface area contributed by atoms with Crippen molar-refractivity contribution in [3.05, 3.63) is 21.5 Å². The molecule has 0 aromatic heterocycles. The molecule has 147 valence electrons. The fourth-order valence-electron chi connectivity index (χ4n) is 6.37. The van der Waals surface area contributed by atoms with Crippen LogP contribution in [0.2, 0.25) is 17.3 Å². The molecule has 0 unspecified atom stereocenters. The van der Waals surface area contributed by atoms with Gasteiger partial charge in [0.2, 0.25) is 0 Å². The third-order valence-electron chi connectivity index (χ3n) is 6.83. The van der Waals surface area contributed by atoms with Gasteiger partial charge in [-0.1, -0.05) is 0 Å². The van der Waals surface area contributed by atoms with Crippen molar-refractivity contribution in [3.8, 4) is 0 Å². The maximum atomic E-state index is 3.03. The third-order valence-corrected chi connectivity index (χ3v) is 81.0. The Bertz CT molecular complexity index is 450. The predicted octanol–water partition coefficient (Wildman–Crippen LogP) is 5.13. The topological polar surface area (TPSA) is 9.72 Å². The summed E-state index contributed by atoms with van der Waals surface area (Å²) in [6.07, 6.45) is 8.47. The number of hydrogen-bond donors (Lipinski definition) is 0. The van der Waals surface area contributed by atoms with Gasteiger partial charge in [0, 0.05) is 0 Å². The average molecular weight is 490 g/mol. The van der Waals surface area contributed by atoms with Crippen molar-refractivity contribution >= 4 is 9.48 Å². The molecule has 0 saturated heterocycles. The summed E-state index contributed by atoms with van der Waals surface area (Å²) in [4.78, 5) is 0. The van der Waals surface area contributed by atoms with Crippen molar-refractivity contribution in [3.63, 3.8) is 0 Å². The maximum absolute atomic E-state index is 3.79. The van der Waals surface area contributed by atoms with E-state index in [4.69, 9.17) is 0 Å². The monoisotopic (exact) mass is 490 g/mol. The zero-order valence-electron chi connectivity index (χ0n) is 18.5. The van der Waals surface area contributed by atoms with Crippen LogP contribution in [0.25, 0.3) is 0 Å². The Hall–Kier alpha value is 0.786.